The molecule has 0 saturated carbocycles. The van der Waals surface area contributed by atoms with Crippen LogP contribution in [-0.4, -0.2) is 22.2 Å². The zero-order valence-corrected chi connectivity index (χ0v) is 12.5. The first-order chi connectivity index (χ1) is 10.9. The third-order valence-corrected chi connectivity index (χ3v) is 5.37. The van der Waals surface area contributed by atoms with Crippen molar-refractivity contribution in [1.82, 2.24) is 10.2 Å². The van der Waals surface area contributed by atoms with E-state index in [1.54, 1.807) is 18.3 Å². The Kier molecular flexibility index (Phi) is 2.81. The minimum Gasteiger partial charge on any atom is -0.294 e. The average Bonchev–Trinajstić information content (AvgIpc) is 3.07. The third kappa shape index (κ3) is 1.84. The maximum Gasteiger partial charge on any atom is 0.420 e. The number of Topliss-reactive ketones (excluding diaryl/α,β-unsaturated/α-hetero) is 1. The van der Waals surface area contributed by atoms with Gasteiger partial charge in [0.25, 0.3) is 0 Å². The molecule has 6 heteroatoms. The number of nitrogens with one attached hydrogen (secondary N) is 1. The van der Waals surface area contributed by atoms with E-state index in [2.05, 4.69) is 10.2 Å². The normalized spacial score (nSPS) is 24.3. The Hall–Kier alpha value is -2.11. The minimum absolute atomic E-state index is 0.0330. The van der Waals surface area contributed by atoms with Gasteiger partial charge in [0.1, 0.15) is 5.57 Å². The van der Waals surface area contributed by atoms with E-state index in [9.17, 15) is 18.0 Å². The molecule has 0 saturated heterocycles. The van der Waals surface area contributed by atoms with Crippen LogP contribution in [0.25, 0.3) is 16.5 Å². The molecule has 0 unspecified atom stereocenters. The van der Waals surface area contributed by atoms with Crippen molar-refractivity contribution in [2.75, 3.05) is 0 Å². The second-order valence-corrected chi connectivity index (χ2v) is 6.40. The van der Waals surface area contributed by atoms with E-state index in [1.165, 1.54) is 0 Å². The number of fused-ring (bicyclic) bond motifs is 5. The summed E-state index contributed by atoms with van der Waals surface area (Å²) in [6.07, 6.45) is -1.38. The standard InChI is InChI=1S/C17H15F3N2O/c1-2-16-6-5-13(23)15(17(18,19)20)14(16)9-3-4-12-11(8-21-22-12)10(9)7-16/h3-4,8H,2,5-7H2,1H3,(H,21,22)/t16-/m1/s1. The van der Waals surface area contributed by atoms with Crippen LogP contribution in [0.4, 0.5) is 13.2 Å². The molecule has 2 aromatic rings. The molecular formula is C17H15F3N2O. The molecule has 2 aliphatic rings. The topological polar surface area (TPSA) is 45.8 Å². The van der Waals surface area contributed by atoms with Gasteiger partial charge < -0.3 is 0 Å². The highest BCUT2D eigenvalue weighted by atomic mass is 19.4. The number of aromatic amines is 1. The Morgan fingerprint density at radius 2 is 2.13 bits per heavy atom. The first kappa shape index (κ1) is 14.5. The van der Waals surface area contributed by atoms with Crippen LogP contribution in [0.15, 0.2) is 23.9 Å². The highest BCUT2D eigenvalue weighted by molar-refractivity contribution is 6.08. The highest BCUT2D eigenvalue weighted by Gasteiger charge is 2.53. The van der Waals surface area contributed by atoms with E-state index in [1.807, 2.05) is 6.92 Å². The summed E-state index contributed by atoms with van der Waals surface area (Å²) >= 11 is 0. The summed E-state index contributed by atoms with van der Waals surface area (Å²) < 4.78 is 40.8. The number of H-pyrrole nitrogens is 1. The maximum atomic E-state index is 13.6. The third-order valence-electron chi connectivity index (χ3n) is 5.37. The quantitative estimate of drug-likeness (QED) is 0.856. The largest absolute Gasteiger partial charge is 0.420 e. The molecule has 1 aromatic carbocycles. The number of carbonyl (C=O) groups excluding carboxylic acids is 1. The van der Waals surface area contributed by atoms with Crippen molar-refractivity contribution in [2.24, 2.45) is 5.41 Å². The number of hydrogen-bond donors (Lipinski definition) is 1. The van der Waals surface area contributed by atoms with Crippen LogP contribution in [-0.2, 0) is 11.2 Å². The van der Waals surface area contributed by atoms with Crippen LogP contribution in [0.5, 0.6) is 0 Å². The lowest BCUT2D eigenvalue weighted by Gasteiger charge is -2.36. The van der Waals surface area contributed by atoms with Crippen molar-refractivity contribution < 1.29 is 18.0 Å². The molecule has 23 heavy (non-hydrogen) atoms. The molecule has 0 bridgehead atoms. The monoisotopic (exact) mass is 320 g/mol. The Balaban J connectivity index is 2.10. The molecule has 1 atom stereocenters. The van der Waals surface area contributed by atoms with Crippen LogP contribution in [0.2, 0.25) is 0 Å². The molecule has 4 rings (SSSR count). The van der Waals surface area contributed by atoms with Crippen LogP contribution < -0.4 is 0 Å². The van der Waals surface area contributed by atoms with Crippen molar-refractivity contribution in [3.63, 3.8) is 0 Å². The molecule has 0 spiro atoms. The van der Waals surface area contributed by atoms with Crippen LogP contribution in [0.1, 0.15) is 37.3 Å². The molecule has 2 aliphatic carbocycles. The number of ketones is 1. The molecule has 0 aliphatic heterocycles. The fraction of sp³-hybridized carbons (Fsp3) is 0.412. The summed E-state index contributed by atoms with van der Waals surface area (Å²) in [7, 11) is 0. The number of carbonyl (C=O) groups is 1. The maximum absolute atomic E-state index is 13.6. The molecule has 0 fully saturated rings. The van der Waals surface area contributed by atoms with E-state index < -0.39 is 22.9 Å². The van der Waals surface area contributed by atoms with Gasteiger partial charge in [-0.1, -0.05) is 13.0 Å². The highest BCUT2D eigenvalue weighted by Crippen LogP contribution is 2.58. The lowest BCUT2D eigenvalue weighted by atomic mass is 9.68. The van der Waals surface area contributed by atoms with Gasteiger partial charge in [0.2, 0.25) is 0 Å². The number of rotatable bonds is 1. The van der Waals surface area contributed by atoms with Crippen molar-refractivity contribution in [2.45, 2.75) is 38.8 Å². The summed E-state index contributed by atoms with van der Waals surface area (Å²) in [4.78, 5) is 12.1. The van der Waals surface area contributed by atoms with Crippen molar-refractivity contribution in [3.05, 3.63) is 35.0 Å². The fourth-order valence-electron chi connectivity index (χ4n) is 4.22. The first-order valence-electron chi connectivity index (χ1n) is 7.68. The zero-order chi connectivity index (χ0) is 16.4. The first-order valence-corrected chi connectivity index (χ1v) is 7.68. The smallest absolute Gasteiger partial charge is 0.294 e. The number of benzene rings is 1. The second-order valence-electron chi connectivity index (χ2n) is 6.40. The summed E-state index contributed by atoms with van der Waals surface area (Å²) in [5, 5.41) is 7.71. The van der Waals surface area contributed by atoms with E-state index >= 15 is 0 Å². The van der Waals surface area contributed by atoms with E-state index in [0.717, 1.165) is 16.5 Å². The zero-order valence-electron chi connectivity index (χ0n) is 12.5. The van der Waals surface area contributed by atoms with Crippen LogP contribution in [0, 0.1) is 5.41 Å². The number of aromatic nitrogens is 2. The molecule has 0 radical (unpaired) electrons. The number of nitrogens with zero attached hydrogens (tertiary/aromatic N) is 1. The summed E-state index contributed by atoms with van der Waals surface area (Å²) in [6, 6.07) is 3.44. The Morgan fingerprint density at radius 1 is 1.35 bits per heavy atom. The lowest BCUT2D eigenvalue weighted by molar-refractivity contribution is -0.130. The van der Waals surface area contributed by atoms with E-state index in [-0.39, 0.29) is 12.0 Å². The Bertz CT molecular complexity index is 862. The van der Waals surface area contributed by atoms with Gasteiger partial charge in [-0.15, -0.1) is 0 Å². The summed E-state index contributed by atoms with van der Waals surface area (Å²) in [5.41, 5.74) is 0.945. The van der Waals surface area contributed by atoms with Crippen LogP contribution >= 0.6 is 0 Å². The Labute approximate surface area is 130 Å². The summed E-state index contributed by atoms with van der Waals surface area (Å²) in [6.45, 7) is 1.90. The van der Waals surface area contributed by atoms with E-state index in [4.69, 9.17) is 0 Å². The van der Waals surface area contributed by atoms with Crippen molar-refractivity contribution in [3.8, 4) is 0 Å². The van der Waals surface area contributed by atoms with Gasteiger partial charge in [0.05, 0.1) is 11.7 Å². The number of alkyl halides is 3. The fourth-order valence-corrected chi connectivity index (χ4v) is 4.22. The molecule has 1 N–H and O–H groups in total. The predicted octanol–water partition coefficient (Wildman–Crippen LogP) is 4.19. The van der Waals surface area contributed by atoms with Gasteiger partial charge in [-0.25, -0.2) is 0 Å². The minimum atomic E-state index is -4.61. The van der Waals surface area contributed by atoms with E-state index in [0.29, 0.717) is 24.8 Å². The molecular weight excluding hydrogens is 305 g/mol. The summed E-state index contributed by atoms with van der Waals surface area (Å²) in [5.74, 6) is -0.781. The van der Waals surface area contributed by atoms with Gasteiger partial charge in [-0.3, -0.25) is 9.89 Å². The predicted molar refractivity (Wildman–Crippen MR) is 79.7 cm³/mol. The molecule has 120 valence electrons. The molecule has 3 nitrogen and oxygen atoms in total. The molecule has 1 aromatic heterocycles. The van der Waals surface area contributed by atoms with Gasteiger partial charge in [-0.2, -0.15) is 18.3 Å². The van der Waals surface area contributed by atoms with Gasteiger partial charge in [-0.05, 0) is 42.0 Å². The molecule has 0 amide bonds. The van der Waals surface area contributed by atoms with Crippen molar-refractivity contribution in [1.29, 1.82) is 0 Å². The number of allylic oxidation sites excluding steroid dienone is 2. The average molecular weight is 320 g/mol. The number of hydrogen-bond acceptors (Lipinski definition) is 2. The second kappa shape index (κ2) is 4.46. The molecule has 1 heterocycles. The van der Waals surface area contributed by atoms with Crippen molar-refractivity contribution >= 4 is 22.3 Å². The number of halogens is 3. The van der Waals surface area contributed by atoms with Gasteiger partial charge in [0, 0.05) is 17.2 Å². The lowest BCUT2D eigenvalue weighted by Crippen LogP contribution is -2.33. The van der Waals surface area contributed by atoms with Crippen LogP contribution in [0.3, 0.4) is 0 Å². The SMILES string of the molecule is CC[C@]12CCC(=O)C(C(F)(F)F)=C1c1ccc3[nH]ncc3c1C2. The van der Waals surface area contributed by atoms with Gasteiger partial charge >= 0.3 is 6.18 Å². The Morgan fingerprint density at radius 3 is 2.83 bits per heavy atom. The van der Waals surface area contributed by atoms with Gasteiger partial charge in [0.15, 0.2) is 5.78 Å².